The average Bonchev–Trinajstić information content (AvgIpc) is 3.15. The van der Waals surface area contributed by atoms with Gasteiger partial charge in [0.1, 0.15) is 11.9 Å². The molecule has 0 aliphatic rings. The second kappa shape index (κ2) is 6.15. The minimum absolute atomic E-state index is 0.266. The maximum Gasteiger partial charge on any atom is 0.197 e. The summed E-state index contributed by atoms with van der Waals surface area (Å²) in [7, 11) is 0. The van der Waals surface area contributed by atoms with Crippen molar-refractivity contribution in [3.05, 3.63) is 47.3 Å². The summed E-state index contributed by atoms with van der Waals surface area (Å²) < 4.78 is 4.16. The van der Waals surface area contributed by atoms with E-state index in [1.54, 1.807) is 11.8 Å². The van der Waals surface area contributed by atoms with Crippen LogP contribution in [-0.4, -0.2) is 24.1 Å². The monoisotopic (exact) mass is 362 g/mol. The fourth-order valence-electron chi connectivity index (χ4n) is 3.24. The molecule has 0 atom stereocenters. The molecule has 0 unspecified atom stereocenters. The van der Waals surface area contributed by atoms with Gasteiger partial charge in [0, 0.05) is 6.04 Å². The third-order valence-corrected chi connectivity index (χ3v) is 5.37. The molecule has 26 heavy (non-hydrogen) atoms. The van der Waals surface area contributed by atoms with E-state index in [0.29, 0.717) is 11.2 Å². The van der Waals surface area contributed by atoms with Gasteiger partial charge in [0.25, 0.3) is 0 Å². The van der Waals surface area contributed by atoms with Crippen LogP contribution < -0.4 is 0 Å². The van der Waals surface area contributed by atoms with Crippen LogP contribution in [0.3, 0.4) is 0 Å². The second-order valence-corrected chi connectivity index (χ2v) is 7.50. The fraction of sp³-hybridized carbons (Fsp3) is 0.263. The lowest BCUT2D eigenvalue weighted by Gasteiger charge is -2.13. The molecule has 0 N–H and O–H groups in total. The van der Waals surface area contributed by atoms with Crippen molar-refractivity contribution in [3.8, 4) is 6.07 Å². The minimum Gasteiger partial charge on any atom is -0.303 e. The molecule has 3 aromatic heterocycles. The quantitative estimate of drug-likeness (QED) is 0.543. The zero-order valence-electron chi connectivity index (χ0n) is 15.1. The van der Waals surface area contributed by atoms with Crippen molar-refractivity contribution in [2.24, 2.45) is 0 Å². The highest BCUT2D eigenvalue weighted by atomic mass is 32.2. The number of para-hydroxylation sites is 2. The van der Waals surface area contributed by atoms with E-state index >= 15 is 0 Å². The Bertz CT molecular complexity index is 1180. The Morgan fingerprint density at radius 3 is 2.65 bits per heavy atom. The molecule has 4 rings (SSSR count). The van der Waals surface area contributed by atoms with Crippen LogP contribution in [0.25, 0.3) is 16.7 Å². The third-order valence-electron chi connectivity index (χ3n) is 4.40. The van der Waals surface area contributed by atoms with Crippen LogP contribution in [0.5, 0.6) is 0 Å². The van der Waals surface area contributed by atoms with E-state index in [-0.39, 0.29) is 6.04 Å². The summed E-state index contributed by atoms with van der Waals surface area (Å²) >= 11 is 1.55. The lowest BCUT2D eigenvalue weighted by molar-refractivity contribution is 0.536. The molecule has 0 aliphatic carbocycles. The molecule has 0 spiro atoms. The molecule has 0 saturated heterocycles. The van der Waals surface area contributed by atoms with E-state index in [4.69, 9.17) is 4.98 Å². The number of aromatic nitrogens is 5. The molecule has 130 valence electrons. The van der Waals surface area contributed by atoms with Crippen molar-refractivity contribution in [1.82, 2.24) is 24.1 Å². The summed E-state index contributed by atoms with van der Waals surface area (Å²) in [6.45, 7) is 8.14. The highest BCUT2D eigenvalue weighted by Gasteiger charge is 2.19. The van der Waals surface area contributed by atoms with Crippen LogP contribution in [-0.2, 0) is 0 Å². The van der Waals surface area contributed by atoms with Crippen molar-refractivity contribution in [3.63, 3.8) is 0 Å². The molecule has 6 nitrogen and oxygen atoms in total. The van der Waals surface area contributed by atoms with Crippen LogP contribution in [0.2, 0.25) is 0 Å². The fourth-order valence-corrected chi connectivity index (χ4v) is 4.46. The molecular weight excluding hydrogens is 344 g/mol. The van der Waals surface area contributed by atoms with Crippen LogP contribution in [0.1, 0.15) is 36.8 Å². The normalized spacial score (nSPS) is 11.5. The Kier molecular flexibility index (Phi) is 3.93. The maximum absolute atomic E-state index is 9.61. The largest absolute Gasteiger partial charge is 0.303 e. The molecule has 0 saturated carbocycles. The molecule has 0 radical (unpaired) electrons. The molecule has 4 aromatic rings. The number of hydrogen-bond acceptors (Lipinski definition) is 5. The van der Waals surface area contributed by atoms with Gasteiger partial charge < -0.3 is 4.57 Å². The number of nitrogens with zero attached hydrogens (tertiary/aromatic N) is 6. The van der Waals surface area contributed by atoms with Crippen molar-refractivity contribution >= 4 is 28.4 Å². The molecular formula is C19H18N6S. The van der Waals surface area contributed by atoms with Gasteiger partial charge in [0.05, 0.1) is 21.6 Å². The zero-order chi connectivity index (χ0) is 18.4. The van der Waals surface area contributed by atoms with Gasteiger partial charge in [-0.1, -0.05) is 12.1 Å². The summed E-state index contributed by atoms with van der Waals surface area (Å²) in [6, 6.07) is 12.5. The standard InChI is InChI=1S/C19H18N6S/c1-11(2)24-13(4)22-23-19(24)26-17-9-12(3)14(10-20)18-21-15-7-5-6-8-16(15)25(17)18/h5-9,11H,1-4H3. The van der Waals surface area contributed by atoms with Gasteiger partial charge in [-0.25, -0.2) is 4.98 Å². The summed E-state index contributed by atoms with van der Waals surface area (Å²) in [5.74, 6) is 0.889. The third kappa shape index (κ3) is 2.45. The van der Waals surface area contributed by atoms with Crippen molar-refractivity contribution in [2.75, 3.05) is 0 Å². The van der Waals surface area contributed by atoms with Crippen molar-refractivity contribution < 1.29 is 0 Å². The molecule has 0 fully saturated rings. The van der Waals surface area contributed by atoms with Gasteiger partial charge in [-0.3, -0.25) is 4.40 Å². The zero-order valence-corrected chi connectivity index (χ0v) is 15.9. The van der Waals surface area contributed by atoms with Gasteiger partial charge in [0.15, 0.2) is 10.8 Å². The molecule has 7 heteroatoms. The van der Waals surface area contributed by atoms with E-state index in [2.05, 4.69) is 34.7 Å². The van der Waals surface area contributed by atoms with Gasteiger partial charge in [-0.15, -0.1) is 10.2 Å². The minimum atomic E-state index is 0.266. The lowest BCUT2D eigenvalue weighted by atomic mass is 10.2. The van der Waals surface area contributed by atoms with Gasteiger partial charge in [-0.2, -0.15) is 5.26 Å². The first-order valence-electron chi connectivity index (χ1n) is 8.41. The van der Waals surface area contributed by atoms with E-state index < -0.39 is 0 Å². The van der Waals surface area contributed by atoms with Crippen molar-refractivity contribution in [1.29, 1.82) is 5.26 Å². The Labute approximate surface area is 155 Å². The molecule has 0 bridgehead atoms. The SMILES string of the molecule is Cc1cc(Sc2nnc(C)n2C(C)C)n2c(nc3ccccc32)c1C#N. The van der Waals surface area contributed by atoms with E-state index in [9.17, 15) is 5.26 Å². The predicted molar refractivity (Wildman–Crippen MR) is 101 cm³/mol. The van der Waals surface area contributed by atoms with Crippen LogP contribution >= 0.6 is 11.8 Å². The topological polar surface area (TPSA) is 71.8 Å². The highest BCUT2D eigenvalue weighted by Crippen LogP contribution is 2.33. The summed E-state index contributed by atoms with van der Waals surface area (Å²) in [4.78, 5) is 4.70. The van der Waals surface area contributed by atoms with E-state index in [1.165, 1.54) is 0 Å². The number of aryl methyl sites for hydroxylation is 2. The first-order valence-corrected chi connectivity index (χ1v) is 9.23. The van der Waals surface area contributed by atoms with Gasteiger partial charge >= 0.3 is 0 Å². The number of imidazole rings is 1. The van der Waals surface area contributed by atoms with E-state index in [1.807, 2.05) is 48.6 Å². The lowest BCUT2D eigenvalue weighted by Crippen LogP contribution is -2.05. The Hall–Kier alpha value is -2.85. The number of nitriles is 1. The summed E-state index contributed by atoms with van der Waals surface area (Å²) in [5, 5.41) is 20.0. The van der Waals surface area contributed by atoms with Gasteiger partial charge in [-0.05, 0) is 63.2 Å². The molecule has 1 aromatic carbocycles. The van der Waals surface area contributed by atoms with Gasteiger partial charge in [0.2, 0.25) is 0 Å². The summed E-state index contributed by atoms with van der Waals surface area (Å²) in [5.41, 5.74) is 4.05. The van der Waals surface area contributed by atoms with E-state index in [0.717, 1.165) is 32.6 Å². The average molecular weight is 362 g/mol. The number of benzene rings is 1. The number of hydrogen-bond donors (Lipinski definition) is 0. The smallest absolute Gasteiger partial charge is 0.197 e. The number of pyridine rings is 1. The molecule has 3 heterocycles. The highest BCUT2D eigenvalue weighted by molar-refractivity contribution is 7.99. The van der Waals surface area contributed by atoms with Crippen LogP contribution in [0, 0.1) is 25.2 Å². The van der Waals surface area contributed by atoms with Crippen LogP contribution in [0.4, 0.5) is 0 Å². The Balaban J connectivity index is 2.00. The Morgan fingerprint density at radius 2 is 1.92 bits per heavy atom. The second-order valence-electron chi connectivity index (χ2n) is 6.51. The number of fused-ring (bicyclic) bond motifs is 3. The Morgan fingerprint density at radius 1 is 1.15 bits per heavy atom. The van der Waals surface area contributed by atoms with Crippen LogP contribution in [0.15, 0.2) is 40.5 Å². The maximum atomic E-state index is 9.61. The molecule has 0 aliphatic heterocycles. The number of rotatable bonds is 3. The first kappa shape index (κ1) is 16.6. The first-order chi connectivity index (χ1) is 12.5. The summed E-state index contributed by atoms with van der Waals surface area (Å²) in [6.07, 6.45) is 0. The predicted octanol–water partition coefficient (Wildman–Crippen LogP) is 4.30. The van der Waals surface area contributed by atoms with Crippen molar-refractivity contribution in [2.45, 2.75) is 43.9 Å². The molecule has 0 amide bonds.